The Bertz CT molecular complexity index is 524. The van der Waals surface area contributed by atoms with E-state index < -0.39 is 5.72 Å². The first-order valence-electron chi connectivity index (χ1n) is 7.10. The van der Waals surface area contributed by atoms with Crippen LogP contribution in [0, 0.1) is 0 Å². The van der Waals surface area contributed by atoms with Gasteiger partial charge in [0.25, 0.3) is 0 Å². The molecule has 2 aliphatic heterocycles. The van der Waals surface area contributed by atoms with Gasteiger partial charge in [-0.25, -0.2) is 4.79 Å². The van der Waals surface area contributed by atoms with E-state index in [9.17, 15) is 9.59 Å². The van der Waals surface area contributed by atoms with Gasteiger partial charge in [-0.3, -0.25) is 4.79 Å². The fourth-order valence-corrected chi connectivity index (χ4v) is 3.51. The van der Waals surface area contributed by atoms with Crippen LogP contribution in [0.1, 0.15) is 31.4 Å². The van der Waals surface area contributed by atoms with Crippen molar-refractivity contribution in [2.24, 2.45) is 0 Å². The number of carbonyl (C=O) groups is 2. The quantitative estimate of drug-likeness (QED) is 0.869. The van der Waals surface area contributed by atoms with Gasteiger partial charge < -0.3 is 20.3 Å². The van der Waals surface area contributed by atoms with E-state index in [4.69, 9.17) is 4.74 Å². The van der Waals surface area contributed by atoms with Gasteiger partial charge in [-0.15, -0.1) is 0 Å². The number of piperidine rings is 1. The van der Waals surface area contributed by atoms with Gasteiger partial charge >= 0.3 is 6.03 Å². The van der Waals surface area contributed by atoms with E-state index in [0.717, 1.165) is 5.56 Å². The monoisotopic (exact) mass is 309 g/mol. The molecule has 0 aromatic carbocycles. The van der Waals surface area contributed by atoms with Crippen LogP contribution in [-0.2, 0) is 9.53 Å². The molecule has 1 aromatic rings. The molecule has 0 aliphatic carbocycles. The fourth-order valence-electron chi connectivity index (χ4n) is 2.75. The number of amides is 3. The summed E-state index contributed by atoms with van der Waals surface area (Å²) in [5.41, 5.74) is 0.570. The number of urea groups is 1. The maximum atomic E-state index is 12.3. The Morgan fingerprint density at radius 1 is 1.52 bits per heavy atom. The molecular formula is C14H19N3O3S. The Morgan fingerprint density at radius 3 is 2.86 bits per heavy atom. The van der Waals surface area contributed by atoms with Crippen molar-refractivity contribution in [3.8, 4) is 0 Å². The van der Waals surface area contributed by atoms with Crippen molar-refractivity contribution < 1.29 is 14.3 Å². The molecule has 2 saturated heterocycles. The molecule has 1 spiro atoms. The van der Waals surface area contributed by atoms with Crippen molar-refractivity contribution in [3.05, 3.63) is 22.4 Å². The molecule has 3 amide bonds. The average molecular weight is 309 g/mol. The number of ether oxygens (including phenoxy) is 1. The van der Waals surface area contributed by atoms with Crippen LogP contribution < -0.4 is 10.6 Å². The highest BCUT2D eigenvalue weighted by Gasteiger charge is 2.42. The van der Waals surface area contributed by atoms with E-state index in [2.05, 4.69) is 10.6 Å². The molecule has 3 heterocycles. The number of hydrogen-bond donors (Lipinski definition) is 2. The number of nitrogens with zero attached hydrogens (tertiary/aromatic N) is 1. The van der Waals surface area contributed by atoms with E-state index in [0.29, 0.717) is 25.9 Å². The van der Waals surface area contributed by atoms with Crippen LogP contribution in [0.2, 0.25) is 0 Å². The zero-order chi connectivity index (χ0) is 14.9. The van der Waals surface area contributed by atoms with E-state index in [-0.39, 0.29) is 24.6 Å². The molecule has 1 atom stereocenters. The Hall–Kier alpha value is -1.60. The molecule has 0 saturated carbocycles. The Labute approximate surface area is 127 Å². The summed E-state index contributed by atoms with van der Waals surface area (Å²) in [6, 6.07) is 1.96. The van der Waals surface area contributed by atoms with Gasteiger partial charge in [-0.05, 0) is 29.3 Å². The summed E-state index contributed by atoms with van der Waals surface area (Å²) in [7, 11) is 0. The molecule has 0 radical (unpaired) electrons. The molecular weight excluding hydrogens is 290 g/mol. The SMILES string of the molecule is CC(NC(=O)N1CCC2(CC1)NC(=O)CO2)c1ccsc1. The van der Waals surface area contributed by atoms with E-state index in [1.54, 1.807) is 16.2 Å². The van der Waals surface area contributed by atoms with Gasteiger partial charge in [0.2, 0.25) is 5.91 Å². The minimum absolute atomic E-state index is 0.00192. The maximum absolute atomic E-state index is 12.3. The van der Waals surface area contributed by atoms with Crippen molar-refractivity contribution in [3.63, 3.8) is 0 Å². The summed E-state index contributed by atoms with van der Waals surface area (Å²) >= 11 is 1.62. The van der Waals surface area contributed by atoms with Crippen LogP contribution in [0.4, 0.5) is 4.79 Å². The number of likely N-dealkylation sites (tertiary alicyclic amines) is 1. The lowest BCUT2D eigenvalue weighted by atomic mass is 10.0. The molecule has 1 unspecified atom stereocenters. The molecule has 1 aromatic heterocycles. The summed E-state index contributed by atoms with van der Waals surface area (Å²) in [6.07, 6.45) is 1.28. The lowest BCUT2D eigenvalue weighted by Crippen LogP contribution is -2.54. The molecule has 21 heavy (non-hydrogen) atoms. The summed E-state index contributed by atoms with van der Waals surface area (Å²) in [5.74, 6) is -0.0704. The van der Waals surface area contributed by atoms with Crippen molar-refractivity contribution in [2.75, 3.05) is 19.7 Å². The average Bonchev–Trinajstić information content (AvgIpc) is 3.10. The summed E-state index contributed by atoms with van der Waals surface area (Å²) in [4.78, 5) is 25.3. The third-order valence-corrected chi connectivity index (χ3v) is 4.79. The first-order chi connectivity index (χ1) is 10.1. The van der Waals surface area contributed by atoms with Crippen molar-refractivity contribution >= 4 is 23.3 Å². The zero-order valence-corrected chi connectivity index (χ0v) is 12.7. The minimum atomic E-state index is -0.549. The van der Waals surface area contributed by atoms with E-state index >= 15 is 0 Å². The largest absolute Gasteiger partial charge is 0.346 e. The number of carbonyl (C=O) groups excluding carboxylic acids is 2. The Morgan fingerprint density at radius 2 is 2.29 bits per heavy atom. The number of nitrogens with one attached hydrogen (secondary N) is 2. The third kappa shape index (κ3) is 3.03. The van der Waals surface area contributed by atoms with Crippen LogP contribution in [-0.4, -0.2) is 42.3 Å². The maximum Gasteiger partial charge on any atom is 0.317 e. The highest BCUT2D eigenvalue weighted by molar-refractivity contribution is 7.07. The lowest BCUT2D eigenvalue weighted by Gasteiger charge is -2.38. The van der Waals surface area contributed by atoms with Crippen LogP contribution in [0.3, 0.4) is 0 Å². The zero-order valence-electron chi connectivity index (χ0n) is 11.9. The standard InChI is InChI=1S/C14H19N3O3S/c1-10(11-2-7-21-9-11)15-13(19)17-5-3-14(4-6-17)16-12(18)8-20-14/h2,7,9-10H,3-6,8H2,1H3,(H,15,19)(H,16,18). The number of thiophene rings is 1. The highest BCUT2D eigenvalue weighted by Crippen LogP contribution is 2.27. The normalized spacial score (nSPS) is 22.1. The summed E-state index contributed by atoms with van der Waals surface area (Å²) in [5, 5.41) is 9.92. The van der Waals surface area contributed by atoms with Crippen LogP contribution in [0.15, 0.2) is 16.8 Å². The number of hydrogen-bond acceptors (Lipinski definition) is 4. The van der Waals surface area contributed by atoms with Crippen LogP contribution in [0.25, 0.3) is 0 Å². The number of rotatable bonds is 2. The van der Waals surface area contributed by atoms with Gasteiger partial charge in [0.15, 0.2) is 0 Å². The van der Waals surface area contributed by atoms with Crippen molar-refractivity contribution in [2.45, 2.75) is 31.5 Å². The van der Waals surface area contributed by atoms with Gasteiger partial charge in [0.05, 0.1) is 6.04 Å². The molecule has 3 rings (SSSR count). The minimum Gasteiger partial charge on any atom is -0.346 e. The summed E-state index contributed by atoms with van der Waals surface area (Å²) in [6.45, 7) is 3.28. The van der Waals surface area contributed by atoms with Gasteiger partial charge in [-0.1, -0.05) is 0 Å². The second-order valence-corrected chi connectivity index (χ2v) is 6.33. The molecule has 114 valence electrons. The van der Waals surface area contributed by atoms with E-state index in [1.165, 1.54) is 0 Å². The topological polar surface area (TPSA) is 70.7 Å². The van der Waals surface area contributed by atoms with Crippen LogP contribution >= 0.6 is 11.3 Å². The molecule has 7 heteroatoms. The second kappa shape index (κ2) is 5.65. The second-order valence-electron chi connectivity index (χ2n) is 5.55. The highest BCUT2D eigenvalue weighted by atomic mass is 32.1. The lowest BCUT2D eigenvalue weighted by molar-refractivity contribution is -0.119. The smallest absolute Gasteiger partial charge is 0.317 e. The summed E-state index contributed by atoms with van der Waals surface area (Å²) < 4.78 is 5.54. The van der Waals surface area contributed by atoms with Crippen molar-refractivity contribution in [1.29, 1.82) is 0 Å². The van der Waals surface area contributed by atoms with E-state index in [1.807, 2.05) is 23.8 Å². The first kappa shape index (κ1) is 14.3. The predicted octanol–water partition coefficient (Wildman–Crippen LogP) is 1.46. The molecule has 0 bridgehead atoms. The van der Waals surface area contributed by atoms with Gasteiger partial charge in [-0.2, -0.15) is 11.3 Å². The molecule has 2 aliphatic rings. The van der Waals surface area contributed by atoms with Gasteiger partial charge in [0.1, 0.15) is 12.3 Å². The Balaban J connectivity index is 1.52. The first-order valence-corrected chi connectivity index (χ1v) is 8.05. The molecule has 6 nitrogen and oxygen atoms in total. The third-order valence-electron chi connectivity index (χ3n) is 4.09. The van der Waals surface area contributed by atoms with Crippen LogP contribution in [0.5, 0.6) is 0 Å². The predicted molar refractivity (Wildman–Crippen MR) is 78.9 cm³/mol. The fraction of sp³-hybridized carbons (Fsp3) is 0.571. The van der Waals surface area contributed by atoms with Gasteiger partial charge in [0, 0.05) is 25.9 Å². The molecule has 2 N–H and O–H groups in total. The Kier molecular flexibility index (Phi) is 3.86. The van der Waals surface area contributed by atoms with Crippen molar-refractivity contribution in [1.82, 2.24) is 15.5 Å². The molecule has 2 fully saturated rings.